The minimum Gasteiger partial charge on any atom is -0.497 e. The molecule has 33 heavy (non-hydrogen) atoms. The summed E-state index contributed by atoms with van der Waals surface area (Å²) >= 11 is 0. The molecule has 7 heteroatoms. The topological polar surface area (TPSA) is 75.0 Å². The van der Waals surface area contributed by atoms with Crippen LogP contribution in [0, 0.1) is 6.92 Å². The Morgan fingerprint density at radius 1 is 0.970 bits per heavy atom. The molecule has 0 bridgehead atoms. The predicted molar refractivity (Wildman–Crippen MR) is 125 cm³/mol. The summed E-state index contributed by atoms with van der Waals surface area (Å²) < 4.78 is 17.9. The van der Waals surface area contributed by atoms with Gasteiger partial charge >= 0.3 is 0 Å². The predicted octanol–water partition coefficient (Wildman–Crippen LogP) is 4.64. The number of rotatable bonds is 5. The zero-order valence-corrected chi connectivity index (χ0v) is 19.1. The van der Waals surface area contributed by atoms with Crippen LogP contribution in [0.25, 0.3) is 16.8 Å². The molecule has 1 atom stereocenters. The van der Waals surface area contributed by atoms with Gasteiger partial charge in [0.25, 0.3) is 0 Å². The highest BCUT2D eigenvalue weighted by Crippen LogP contribution is 2.38. The number of benzene rings is 2. The second-order valence-electron chi connectivity index (χ2n) is 8.20. The van der Waals surface area contributed by atoms with E-state index in [9.17, 15) is 4.79 Å². The van der Waals surface area contributed by atoms with Gasteiger partial charge in [-0.3, -0.25) is 4.79 Å². The van der Waals surface area contributed by atoms with Gasteiger partial charge in [0.15, 0.2) is 22.9 Å². The van der Waals surface area contributed by atoms with Gasteiger partial charge in [-0.25, -0.2) is 9.50 Å². The highest BCUT2D eigenvalue weighted by Gasteiger charge is 2.29. The number of hydrogen-bond acceptors (Lipinski definition) is 6. The molecule has 0 radical (unpaired) electrons. The Labute approximate surface area is 191 Å². The van der Waals surface area contributed by atoms with Gasteiger partial charge in [-0.05, 0) is 54.7 Å². The number of nitrogens with zero attached hydrogens (tertiary/aromatic N) is 3. The first-order valence-electron chi connectivity index (χ1n) is 10.8. The third kappa shape index (κ3) is 3.59. The second-order valence-corrected chi connectivity index (χ2v) is 8.20. The van der Waals surface area contributed by atoms with E-state index in [2.05, 4.69) is 5.10 Å². The number of aromatic nitrogens is 3. The van der Waals surface area contributed by atoms with E-state index in [4.69, 9.17) is 19.2 Å². The van der Waals surface area contributed by atoms with Gasteiger partial charge < -0.3 is 14.2 Å². The minimum absolute atomic E-state index is 0.0176. The highest BCUT2D eigenvalue weighted by molar-refractivity contribution is 5.99. The lowest BCUT2D eigenvalue weighted by molar-refractivity contribution is 0.0962. The first-order chi connectivity index (χ1) is 16.0. The average Bonchev–Trinajstić information content (AvgIpc) is 3.16. The normalized spacial score (nSPS) is 15.4. The molecular formula is C26H25N3O4. The number of fused-ring (bicyclic) bond motifs is 2. The number of ketones is 1. The number of carbonyl (C=O) groups is 1. The van der Waals surface area contributed by atoms with Crippen molar-refractivity contribution in [3.8, 4) is 28.4 Å². The molecule has 0 aliphatic heterocycles. The van der Waals surface area contributed by atoms with E-state index in [1.165, 1.54) is 0 Å². The van der Waals surface area contributed by atoms with E-state index in [1.54, 1.807) is 25.8 Å². The Morgan fingerprint density at radius 2 is 1.79 bits per heavy atom. The molecule has 0 amide bonds. The fourth-order valence-electron chi connectivity index (χ4n) is 4.60. The van der Waals surface area contributed by atoms with Gasteiger partial charge in [0.05, 0.1) is 38.3 Å². The number of ether oxygens (including phenoxy) is 3. The molecule has 5 rings (SSSR count). The van der Waals surface area contributed by atoms with E-state index >= 15 is 0 Å². The summed E-state index contributed by atoms with van der Waals surface area (Å²) in [7, 11) is 4.88. The number of methoxy groups -OCH3 is 3. The zero-order chi connectivity index (χ0) is 23.1. The lowest BCUT2D eigenvalue weighted by atomic mass is 9.82. The Morgan fingerprint density at radius 3 is 2.55 bits per heavy atom. The van der Waals surface area contributed by atoms with Crippen LogP contribution in [0.2, 0.25) is 0 Å². The molecule has 168 valence electrons. The summed E-state index contributed by atoms with van der Waals surface area (Å²) in [6.07, 6.45) is 2.90. The van der Waals surface area contributed by atoms with Crippen molar-refractivity contribution in [3.05, 3.63) is 71.2 Å². The SMILES string of the molecule is COc1cccc(-c2c(C)nn3cc4c(nc23)CC(c2ccc(OC)c(OC)c2)CC4=O)c1. The fourth-order valence-corrected chi connectivity index (χ4v) is 4.60. The molecule has 0 fully saturated rings. The van der Waals surface area contributed by atoms with Crippen molar-refractivity contribution in [1.29, 1.82) is 0 Å². The first kappa shape index (κ1) is 21.0. The van der Waals surface area contributed by atoms with E-state index in [0.717, 1.165) is 39.5 Å². The summed E-state index contributed by atoms with van der Waals surface area (Å²) in [5, 5.41) is 4.64. The van der Waals surface area contributed by atoms with Gasteiger partial charge in [-0.2, -0.15) is 5.10 Å². The fraction of sp³-hybridized carbons (Fsp3) is 0.269. The van der Waals surface area contributed by atoms with Gasteiger partial charge in [-0.1, -0.05) is 18.2 Å². The van der Waals surface area contributed by atoms with Gasteiger partial charge in [0.1, 0.15) is 5.75 Å². The maximum atomic E-state index is 13.1. The number of hydrogen-bond donors (Lipinski definition) is 0. The molecule has 4 aromatic rings. The Balaban J connectivity index is 1.59. The van der Waals surface area contributed by atoms with Crippen molar-refractivity contribution < 1.29 is 19.0 Å². The van der Waals surface area contributed by atoms with Crippen molar-refractivity contribution in [2.24, 2.45) is 0 Å². The van der Waals surface area contributed by atoms with Crippen LogP contribution < -0.4 is 14.2 Å². The van der Waals surface area contributed by atoms with Crippen LogP contribution in [0.4, 0.5) is 0 Å². The maximum absolute atomic E-state index is 13.1. The molecule has 2 aromatic carbocycles. The lowest BCUT2D eigenvalue weighted by Gasteiger charge is -2.24. The summed E-state index contributed by atoms with van der Waals surface area (Å²) in [5.41, 5.74) is 5.97. The van der Waals surface area contributed by atoms with E-state index in [-0.39, 0.29) is 11.7 Å². The molecule has 0 N–H and O–H groups in total. The van der Waals surface area contributed by atoms with Gasteiger partial charge in [0, 0.05) is 18.2 Å². The summed E-state index contributed by atoms with van der Waals surface area (Å²) in [6.45, 7) is 1.96. The zero-order valence-electron chi connectivity index (χ0n) is 19.1. The molecule has 0 saturated carbocycles. The Kier molecular flexibility index (Phi) is 5.24. The Bertz CT molecular complexity index is 1380. The first-order valence-corrected chi connectivity index (χ1v) is 10.8. The van der Waals surface area contributed by atoms with E-state index < -0.39 is 0 Å². The third-order valence-electron chi connectivity index (χ3n) is 6.27. The number of Topliss-reactive ketones (excluding diaryl/α,β-unsaturated/α-hetero) is 1. The lowest BCUT2D eigenvalue weighted by Crippen LogP contribution is -2.21. The third-order valence-corrected chi connectivity index (χ3v) is 6.27. The van der Waals surface area contributed by atoms with Crippen LogP contribution in [0.1, 0.15) is 39.6 Å². The smallest absolute Gasteiger partial charge is 0.166 e. The van der Waals surface area contributed by atoms with Crippen LogP contribution in [-0.2, 0) is 6.42 Å². The van der Waals surface area contributed by atoms with Crippen molar-refractivity contribution >= 4 is 11.4 Å². The largest absolute Gasteiger partial charge is 0.497 e. The van der Waals surface area contributed by atoms with E-state index in [1.807, 2.05) is 55.6 Å². The molecule has 7 nitrogen and oxygen atoms in total. The van der Waals surface area contributed by atoms with Crippen LogP contribution in [0.3, 0.4) is 0 Å². The highest BCUT2D eigenvalue weighted by atomic mass is 16.5. The summed E-state index contributed by atoms with van der Waals surface area (Å²) in [6, 6.07) is 13.7. The summed E-state index contributed by atoms with van der Waals surface area (Å²) in [4.78, 5) is 18.0. The molecule has 2 aromatic heterocycles. The molecule has 1 aliphatic rings. The van der Waals surface area contributed by atoms with Gasteiger partial charge in [0.2, 0.25) is 0 Å². The van der Waals surface area contributed by atoms with Crippen molar-refractivity contribution in [2.45, 2.75) is 25.7 Å². The molecule has 2 heterocycles. The molecule has 1 unspecified atom stereocenters. The number of aryl methyl sites for hydroxylation is 1. The monoisotopic (exact) mass is 443 g/mol. The second kappa shape index (κ2) is 8.24. The van der Waals surface area contributed by atoms with Crippen molar-refractivity contribution in [2.75, 3.05) is 21.3 Å². The molecule has 1 aliphatic carbocycles. The van der Waals surface area contributed by atoms with Crippen LogP contribution in [0.5, 0.6) is 17.2 Å². The van der Waals surface area contributed by atoms with E-state index in [0.29, 0.717) is 29.9 Å². The summed E-state index contributed by atoms with van der Waals surface area (Å²) in [5.74, 6) is 2.18. The molecule has 0 saturated heterocycles. The minimum atomic E-state index is 0.0176. The Hall–Kier alpha value is -3.87. The standard InChI is InChI=1S/C26H25N3O4/c1-15-25(17-6-5-7-19(10-17)31-2)26-27-21-11-18(12-22(30)20(21)14-29(26)28-15)16-8-9-23(32-3)24(13-16)33-4/h5-10,13-14,18H,11-12H2,1-4H3. The average molecular weight is 444 g/mol. The van der Waals surface area contributed by atoms with Crippen LogP contribution in [-0.4, -0.2) is 41.7 Å². The molecular weight excluding hydrogens is 418 g/mol. The van der Waals surface area contributed by atoms with Gasteiger partial charge in [-0.15, -0.1) is 0 Å². The maximum Gasteiger partial charge on any atom is 0.166 e. The van der Waals surface area contributed by atoms with Crippen LogP contribution >= 0.6 is 0 Å². The number of carbonyl (C=O) groups excluding carboxylic acids is 1. The van der Waals surface area contributed by atoms with Crippen LogP contribution in [0.15, 0.2) is 48.7 Å². The quantitative estimate of drug-likeness (QED) is 0.447. The van der Waals surface area contributed by atoms with Crippen molar-refractivity contribution in [3.63, 3.8) is 0 Å². The van der Waals surface area contributed by atoms with Crippen molar-refractivity contribution in [1.82, 2.24) is 14.6 Å². The molecule has 0 spiro atoms.